The van der Waals surface area contributed by atoms with Crippen molar-refractivity contribution >= 4 is 0 Å². The fraction of sp³-hybridized carbons (Fsp3) is 0.0625. The largest absolute Gasteiger partial charge is 0.0616 e. The number of rotatable bonds is 4. The summed E-state index contributed by atoms with van der Waals surface area (Å²) in [6.45, 7) is 4.29. The third-order valence-corrected chi connectivity index (χ3v) is 6.02. The first-order valence-corrected chi connectivity index (χ1v) is 11.1. The summed E-state index contributed by atoms with van der Waals surface area (Å²) in [4.78, 5) is 0. The van der Waals surface area contributed by atoms with Gasteiger partial charge < -0.3 is 0 Å². The van der Waals surface area contributed by atoms with Gasteiger partial charge in [-0.2, -0.15) is 0 Å². The van der Waals surface area contributed by atoms with E-state index in [4.69, 9.17) is 0 Å². The Labute approximate surface area is 190 Å². The Morgan fingerprint density at radius 3 is 1.00 bits per heavy atom. The minimum absolute atomic E-state index is 1.24. The third kappa shape index (κ3) is 4.00. The quantitative estimate of drug-likeness (QED) is 0.277. The molecule has 0 fully saturated rings. The predicted molar refractivity (Wildman–Crippen MR) is 138 cm³/mol. The minimum atomic E-state index is 1.24. The average molecular weight is 411 g/mol. The summed E-state index contributed by atoms with van der Waals surface area (Å²) >= 11 is 0. The molecule has 154 valence electrons. The maximum absolute atomic E-state index is 2.26. The first-order valence-electron chi connectivity index (χ1n) is 11.1. The van der Waals surface area contributed by atoms with E-state index in [0.717, 1.165) is 0 Å². The monoisotopic (exact) mass is 410 g/mol. The predicted octanol–water partition coefficient (Wildman–Crippen LogP) is 8.97. The molecule has 0 spiro atoms. The molecule has 0 radical (unpaired) electrons. The normalized spacial score (nSPS) is 10.8. The summed E-state index contributed by atoms with van der Waals surface area (Å²) in [6.07, 6.45) is 0. The highest BCUT2D eigenvalue weighted by molar-refractivity contribution is 5.87. The molecule has 0 unspecified atom stereocenters. The third-order valence-electron chi connectivity index (χ3n) is 6.02. The number of hydrogen-bond acceptors (Lipinski definition) is 0. The Balaban J connectivity index is 1.55. The molecule has 5 aromatic rings. The molecule has 5 rings (SSSR count). The van der Waals surface area contributed by atoms with Crippen LogP contribution in [0.4, 0.5) is 0 Å². The topological polar surface area (TPSA) is 0 Å². The van der Waals surface area contributed by atoms with Crippen LogP contribution in [-0.4, -0.2) is 0 Å². The van der Waals surface area contributed by atoms with E-state index in [2.05, 4.69) is 135 Å². The van der Waals surface area contributed by atoms with Gasteiger partial charge in [-0.3, -0.25) is 0 Å². The molecule has 5 aromatic carbocycles. The highest BCUT2D eigenvalue weighted by Gasteiger charge is 2.10. The molecule has 0 N–H and O–H groups in total. The molecule has 0 heteroatoms. The lowest BCUT2D eigenvalue weighted by Crippen LogP contribution is -1.88. The van der Waals surface area contributed by atoms with Gasteiger partial charge in [0.2, 0.25) is 0 Å². The smallest absolute Gasteiger partial charge is 0.0105 e. The summed E-state index contributed by atoms with van der Waals surface area (Å²) < 4.78 is 0. The Morgan fingerprint density at radius 1 is 0.312 bits per heavy atom. The Bertz CT molecular complexity index is 1270. The lowest BCUT2D eigenvalue weighted by molar-refractivity contribution is 1.46. The Kier molecular flexibility index (Phi) is 5.44. The molecule has 0 saturated carbocycles. The SMILES string of the molecule is Cc1cccc(-c2ccccc2-c2ccc(-c3ccccc3-c3cccc(C)c3)cc2)c1. The summed E-state index contributed by atoms with van der Waals surface area (Å²) in [5.74, 6) is 0. The van der Waals surface area contributed by atoms with E-state index in [9.17, 15) is 0 Å². The van der Waals surface area contributed by atoms with Crippen LogP contribution in [-0.2, 0) is 0 Å². The van der Waals surface area contributed by atoms with Crippen molar-refractivity contribution in [3.63, 3.8) is 0 Å². The van der Waals surface area contributed by atoms with E-state index in [-0.39, 0.29) is 0 Å². The standard InChI is InChI=1S/C32H26/c1-23-9-7-11-27(21-23)31-15-5-3-13-29(31)25-17-19-26(20-18-25)30-14-4-6-16-32(30)28-12-8-10-24(2)22-28/h3-22H,1-2H3. The maximum atomic E-state index is 2.26. The van der Waals surface area contributed by atoms with Crippen LogP contribution in [0.2, 0.25) is 0 Å². The van der Waals surface area contributed by atoms with Crippen LogP contribution < -0.4 is 0 Å². The summed E-state index contributed by atoms with van der Waals surface area (Å²) in [5.41, 5.74) is 12.6. The van der Waals surface area contributed by atoms with Crippen LogP contribution in [0, 0.1) is 13.8 Å². The molecule has 0 bridgehead atoms. The van der Waals surface area contributed by atoms with Gasteiger partial charge >= 0.3 is 0 Å². The van der Waals surface area contributed by atoms with Crippen LogP contribution >= 0.6 is 0 Å². The van der Waals surface area contributed by atoms with Crippen molar-refractivity contribution < 1.29 is 0 Å². The second kappa shape index (κ2) is 8.69. The van der Waals surface area contributed by atoms with Gasteiger partial charge in [-0.1, -0.05) is 132 Å². The van der Waals surface area contributed by atoms with Crippen molar-refractivity contribution in [3.05, 3.63) is 132 Å². The van der Waals surface area contributed by atoms with E-state index in [1.807, 2.05) is 0 Å². The molecule has 0 aromatic heterocycles. The van der Waals surface area contributed by atoms with Gasteiger partial charge in [0.1, 0.15) is 0 Å². The average Bonchev–Trinajstić information content (AvgIpc) is 2.84. The van der Waals surface area contributed by atoms with Crippen molar-refractivity contribution in [2.24, 2.45) is 0 Å². The van der Waals surface area contributed by atoms with E-state index < -0.39 is 0 Å². The van der Waals surface area contributed by atoms with Crippen LogP contribution in [0.25, 0.3) is 44.5 Å². The van der Waals surface area contributed by atoms with Gasteiger partial charge in [-0.05, 0) is 58.4 Å². The Morgan fingerprint density at radius 2 is 0.656 bits per heavy atom. The zero-order valence-electron chi connectivity index (χ0n) is 18.5. The molecular weight excluding hydrogens is 384 g/mol. The van der Waals surface area contributed by atoms with Crippen molar-refractivity contribution in [2.75, 3.05) is 0 Å². The van der Waals surface area contributed by atoms with Crippen molar-refractivity contribution in [3.8, 4) is 44.5 Å². The first-order chi connectivity index (χ1) is 15.7. The highest BCUT2D eigenvalue weighted by atomic mass is 14.1. The van der Waals surface area contributed by atoms with Crippen LogP contribution in [0.15, 0.2) is 121 Å². The molecule has 0 heterocycles. The van der Waals surface area contributed by atoms with Crippen molar-refractivity contribution in [2.45, 2.75) is 13.8 Å². The van der Waals surface area contributed by atoms with Gasteiger partial charge in [0, 0.05) is 0 Å². The summed E-state index contributed by atoms with van der Waals surface area (Å²) in [5, 5.41) is 0. The second-order valence-electron chi connectivity index (χ2n) is 8.41. The van der Waals surface area contributed by atoms with Gasteiger partial charge in [0.25, 0.3) is 0 Å². The summed E-state index contributed by atoms with van der Waals surface area (Å²) in [7, 11) is 0. The molecule has 0 aliphatic rings. The summed E-state index contributed by atoms with van der Waals surface area (Å²) in [6, 6.07) is 43.8. The number of benzene rings is 5. The molecule has 0 aliphatic carbocycles. The molecular formula is C32H26. The maximum Gasteiger partial charge on any atom is -0.0105 e. The van der Waals surface area contributed by atoms with Gasteiger partial charge in [0.05, 0.1) is 0 Å². The molecule has 0 nitrogen and oxygen atoms in total. The highest BCUT2D eigenvalue weighted by Crippen LogP contribution is 2.36. The fourth-order valence-electron chi connectivity index (χ4n) is 4.43. The number of hydrogen-bond donors (Lipinski definition) is 0. The molecule has 0 saturated heterocycles. The zero-order chi connectivity index (χ0) is 21.9. The fourth-order valence-corrected chi connectivity index (χ4v) is 4.43. The molecule has 0 amide bonds. The van der Waals surface area contributed by atoms with Crippen LogP contribution in [0.5, 0.6) is 0 Å². The van der Waals surface area contributed by atoms with E-state index >= 15 is 0 Å². The van der Waals surface area contributed by atoms with Crippen LogP contribution in [0.1, 0.15) is 11.1 Å². The van der Waals surface area contributed by atoms with Crippen LogP contribution in [0.3, 0.4) is 0 Å². The number of aryl methyl sites for hydroxylation is 2. The zero-order valence-corrected chi connectivity index (χ0v) is 18.5. The van der Waals surface area contributed by atoms with Crippen molar-refractivity contribution in [1.29, 1.82) is 0 Å². The molecule has 0 aliphatic heterocycles. The minimum Gasteiger partial charge on any atom is -0.0616 e. The van der Waals surface area contributed by atoms with Gasteiger partial charge in [-0.15, -0.1) is 0 Å². The molecule has 0 atom stereocenters. The van der Waals surface area contributed by atoms with E-state index in [1.54, 1.807) is 0 Å². The van der Waals surface area contributed by atoms with Gasteiger partial charge in [0.15, 0.2) is 0 Å². The van der Waals surface area contributed by atoms with Gasteiger partial charge in [-0.25, -0.2) is 0 Å². The van der Waals surface area contributed by atoms with Crippen molar-refractivity contribution in [1.82, 2.24) is 0 Å². The van der Waals surface area contributed by atoms with E-state index in [1.165, 1.54) is 55.6 Å². The Hall–Kier alpha value is -3.90. The second-order valence-corrected chi connectivity index (χ2v) is 8.41. The lowest BCUT2D eigenvalue weighted by atomic mass is 9.91. The first kappa shape index (κ1) is 20.0. The van der Waals surface area contributed by atoms with E-state index in [0.29, 0.717) is 0 Å². The molecule has 32 heavy (non-hydrogen) atoms. The lowest BCUT2D eigenvalue weighted by Gasteiger charge is -2.13.